The Morgan fingerprint density at radius 2 is 2.29 bits per heavy atom. The summed E-state index contributed by atoms with van der Waals surface area (Å²) in [5.74, 6) is -0.0742. The van der Waals surface area contributed by atoms with Crippen LogP contribution in [-0.4, -0.2) is 10.5 Å². The molecular formula is C11H14N2O2S2. The summed E-state index contributed by atoms with van der Waals surface area (Å²) < 4.78 is 1.58. The fraction of sp³-hybridized carbons (Fsp3) is 0.455. The molecule has 0 bridgehead atoms. The van der Waals surface area contributed by atoms with Crippen molar-refractivity contribution in [2.75, 3.05) is 5.32 Å². The Morgan fingerprint density at radius 1 is 1.53 bits per heavy atom. The number of carbonyl (C=O) groups excluding carboxylic acids is 1. The van der Waals surface area contributed by atoms with Crippen LogP contribution in [0.5, 0.6) is 0 Å². The van der Waals surface area contributed by atoms with Crippen LogP contribution in [0.4, 0.5) is 5.69 Å². The Balaban J connectivity index is 2.24. The van der Waals surface area contributed by atoms with Crippen molar-refractivity contribution in [3.63, 3.8) is 0 Å². The molecule has 0 aliphatic carbocycles. The lowest BCUT2D eigenvalue weighted by molar-refractivity contribution is -0.116. The zero-order chi connectivity index (χ0) is 12.4. The van der Waals surface area contributed by atoms with E-state index >= 15 is 0 Å². The molecule has 0 saturated heterocycles. The molecule has 0 unspecified atom stereocenters. The summed E-state index contributed by atoms with van der Waals surface area (Å²) in [6.07, 6.45) is 2.30. The van der Waals surface area contributed by atoms with Crippen LogP contribution in [0.2, 0.25) is 0 Å². The summed E-state index contributed by atoms with van der Waals surface area (Å²) in [5.41, 5.74) is 1.22. The summed E-state index contributed by atoms with van der Waals surface area (Å²) in [4.78, 5) is 24.4. The second kappa shape index (κ2) is 5.01. The van der Waals surface area contributed by atoms with Gasteiger partial charge in [0.2, 0.25) is 5.91 Å². The Morgan fingerprint density at radius 3 is 3.00 bits per heavy atom. The predicted molar refractivity (Wildman–Crippen MR) is 72.2 cm³/mol. The summed E-state index contributed by atoms with van der Waals surface area (Å²) in [6.45, 7) is 2.04. The third-order valence-corrected chi connectivity index (χ3v) is 4.73. The van der Waals surface area contributed by atoms with Gasteiger partial charge >= 0.3 is 0 Å². The molecule has 2 aliphatic rings. The zero-order valence-electron chi connectivity index (χ0n) is 9.78. The van der Waals surface area contributed by atoms with E-state index in [9.17, 15) is 9.59 Å². The first kappa shape index (κ1) is 12.3. The normalized spacial score (nSPS) is 10.9. The number of hydrogen-bond acceptors (Lipinski definition) is 4. The molecule has 0 radical (unpaired) electrons. The van der Waals surface area contributed by atoms with Crippen molar-refractivity contribution >= 4 is 32.3 Å². The quantitative estimate of drug-likeness (QED) is 0.868. The lowest BCUT2D eigenvalue weighted by Gasteiger charge is -2.01. The van der Waals surface area contributed by atoms with Crippen LogP contribution in [0.3, 0.4) is 0 Å². The zero-order valence-corrected chi connectivity index (χ0v) is 11.4. The maximum Gasteiger partial charge on any atom is 0.276 e. The SMILES string of the molecule is CCCCC(=O)Nc1c2sscc-2n(C)c1=O. The van der Waals surface area contributed by atoms with Gasteiger partial charge in [0.25, 0.3) is 5.56 Å². The molecule has 2 heterocycles. The van der Waals surface area contributed by atoms with Gasteiger partial charge < -0.3 is 9.88 Å². The van der Waals surface area contributed by atoms with Gasteiger partial charge in [0.15, 0.2) is 0 Å². The number of hydrogen-bond donors (Lipinski definition) is 1. The average molecular weight is 270 g/mol. The molecule has 0 aromatic carbocycles. The van der Waals surface area contributed by atoms with Crippen LogP contribution in [0.1, 0.15) is 26.2 Å². The lowest BCUT2D eigenvalue weighted by Crippen LogP contribution is -2.19. The van der Waals surface area contributed by atoms with Crippen molar-refractivity contribution in [2.45, 2.75) is 26.2 Å². The summed E-state index contributed by atoms with van der Waals surface area (Å²) in [7, 11) is 4.82. The first-order chi connectivity index (χ1) is 8.15. The molecule has 1 amide bonds. The van der Waals surface area contributed by atoms with Gasteiger partial charge in [0.05, 0.1) is 10.6 Å². The number of aromatic nitrogens is 1. The minimum absolute atomic E-state index is 0.0742. The van der Waals surface area contributed by atoms with E-state index in [4.69, 9.17) is 0 Å². The molecule has 1 N–H and O–H groups in total. The highest BCUT2D eigenvalue weighted by atomic mass is 32.9. The third-order valence-electron chi connectivity index (χ3n) is 2.65. The molecule has 0 atom stereocenters. The number of carbonyl (C=O) groups is 1. The highest BCUT2D eigenvalue weighted by Gasteiger charge is 2.21. The summed E-state index contributed by atoms with van der Waals surface area (Å²) >= 11 is 0. The van der Waals surface area contributed by atoms with E-state index in [-0.39, 0.29) is 11.5 Å². The molecular weight excluding hydrogens is 256 g/mol. The minimum atomic E-state index is -0.121. The van der Waals surface area contributed by atoms with Gasteiger partial charge in [-0.05, 0) is 6.42 Å². The number of anilines is 1. The molecule has 17 heavy (non-hydrogen) atoms. The smallest absolute Gasteiger partial charge is 0.276 e. The number of rotatable bonds is 4. The molecule has 0 aromatic heterocycles. The predicted octanol–water partition coefficient (Wildman–Crippen LogP) is 2.74. The maximum atomic E-state index is 11.9. The molecule has 0 fully saturated rings. The highest BCUT2D eigenvalue weighted by molar-refractivity contribution is 7.70. The number of amides is 1. The number of nitrogens with one attached hydrogen (secondary N) is 1. The van der Waals surface area contributed by atoms with E-state index in [0.29, 0.717) is 12.1 Å². The van der Waals surface area contributed by atoms with Crippen molar-refractivity contribution in [1.29, 1.82) is 0 Å². The van der Waals surface area contributed by atoms with E-state index in [1.54, 1.807) is 22.0 Å². The average Bonchev–Trinajstić information content (AvgIpc) is 2.86. The van der Waals surface area contributed by atoms with Gasteiger partial charge in [0.1, 0.15) is 5.69 Å². The van der Waals surface area contributed by atoms with Crippen LogP contribution in [-0.2, 0) is 11.8 Å². The first-order valence-corrected chi connectivity index (χ1v) is 7.72. The van der Waals surface area contributed by atoms with Crippen LogP contribution < -0.4 is 10.9 Å². The Bertz CT molecular complexity index is 552. The Labute approximate surface area is 107 Å². The van der Waals surface area contributed by atoms with Crippen LogP contribution >= 0.6 is 20.7 Å². The van der Waals surface area contributed by atoms with Crippen molar-refractivity contribution in [2.24, 2.45) is 7.05 Å². The fourth-order valence-corrected chi connectivity index (χ4v) is 3.94. The number of fused-ring (bicyclic) bond motifs is 1. The molecule has 92 valence electrons. The van der Waals surface area contributed by atoms with E-state index < -0.39 is 0 Å². The maximum absolute atomic E-state index is 11.9. The summed E-state index contributed by atoms with van der Waals surface area (Å²) in [5, 5.41) is 4.67. The Kier molecular flexibility index (Phi) is 3.63. The van der Waals surface area contributed by atoms with Crippen LogP contribution in [0.15, 0.2) is 10.2 Å². The van der Waals surface area contributed by atoms with Crippen LogP contribution in [0.25, 0.3) is 10.6 Å². The van der Waals surface area contributed by atoms with Crippen LogP contribution in [0, 0.1) is 0 Å². The second-order valence-electron chi connectivity index (χ2n) is 3.90. The second-order valence-corrected chi connectivity index (χ2v) is 5.98. The standard InChI is InChI=1S/C11H14N2O2S2/c1-3-4-5-8(14)12-9-10-7(6-16-17-10)13(2)11(9)15/h6H,3-5H2,1-2H3,(H,12,14). The highest BCUT2D eigenvalue weighted by Crippen LogP contribution is 2.36. The van der Waals surface area contributed by atoms with Gasteiger partial charge in [-0.1, -0.05) is 34.0 Å². The molecule has 0 spiro atoms. The van der Waals surface area contributed by atoms with Gasteiger partial charge in [-0.3, -0.25) is 9.59 Å². The van der Waals surface area contributed by atoms with Gasteiger partial charge in [-0.15, -0.1) is 0 Å². The monoisotopic (exact) mass is 270 g/mol. The summed E-state index contributed by atoms with van der Waals surface area (Å²) in [6, 6.07) is 0. The van der Waals surface area contributed by atoms with Gasteiger partial charge in [0, 0.05) is 18.8 Å². The molecule has 4 nitrogen and oxygen atoms in total. The van der Waals surface area contributed by atoms with E-state index in [1.165, 1.54) is 10.3 Å². The topological polar surface area (TPSA) is 51.1 Å². The van der Waals surface area contributed by atoms with Crippen molar-refractivity contribution < 1.29 is 4.79 Å². The van der Waals surface area contributed by atoms with E-state index in [1.807, 2.05) is 12.3 Å². The minimum Gasteiger partial charge on any atom is -0.320 e. The van der Waals surface area contributed by atoms with Crippen molar-refractivity contribution in [3.05, 3.63) is 15.7 Å². The fourth-order valence-electron chi connectivity index (χ4n) is 1.64. The van der Waals surface area contributed by atoms with Gasteiger partial charge in [-0.2, -0.15) is 0 Å². The number of nitrogens with zero attached hydrogens (tertiary/aromatic N) is 1. The van der Waals surface area contributed by atoms with Gasteiger partial charge in [-0.25, -0.2) is 0 Å². The molecule has 2 rings (SSSR count). The molecule has 0 saturated carbocycles. The Hall–Kier alpha value is -1.14. The largest absolute Gasteiger partial charge is 0.320 e. The third kappa shape index (κ3) is 2.28. The molecule has 0 aromatic rings. The lowest BCUT2D eigenvalue weighted by atomic mass is 10.2. The van der Waals surface area contributed by atoms with Crippen molar-refractivity contribution in [3.8, 4) is 10.6 Å². The molecule has 2 aliphatic heterocycles. The number of unbranched alkanes of at least 4 members (excludes halogenated alkanes) is 1. The molecule has 6 heteroatoms. The van der Waals surface area contributed by atoms with Crippen molar-refractivity contribution in [1.82, 2.24) is 4.57 Å². The first-order valence-electron chi connectivity index (χ1n) is 5.51. The van der Waals surface area contributed by atoms with E-state index in [2.05, 4.69) is 5.32 Å². The van der Waals surface area contributed by atoms with E-state index in [0.717, 1.165) is 23.4 Å².